The average molecular weight is 1120 g/mol. The highest BCUT2D eigenvalue weighted by molar-refractivity contribution is 5.84. The first-order valence-electron chi connectivity index (χ1n) is 25.7. The van der Waals surface area contributed by atoms with Crippen LogP contribution in [-0.2, 0) is 57.1 Å². The highest BCUT2D eigenvalue weighted by Crippen LogP contribution is 2.31. The average Bonchev–Trinajstić information content (AvgIpc) is 3.40. The fraction of sp³-hybridized carbons (Fsp3) is 0.911. The first-order chi connectivity index (χ1) is 36.8. The van der Waals surface area contributed by atoms with Crippen LogP contribution in [0.4, 0.5) is 0 Å². The van der Waals surface area contributed by atoms with Crippen molar-refractivity contribution in [1.29, 1.82) is 0 Å². The van der Waals surface area contributed by atoms with Crippen LogP contribution in [0.2, 0.25) is 0 Å². The van der Waals surface area contributed by atoms with E-state index in [0.717, 1.165) is 12.8 Å². The van der Waals surface area contributed by atoms with Gasteiger partial charge in [-0.25, -0.2) is 0 Å². The Hall–Kier alpha value is -3.08. The number of aliphatic hydroxyl groups excluding tert-OH is 14. The quantitative estimate of drug-likeness (QED) is 0.0271. The molecule has 4 heterocycles. The largest absolute Gasteiger partial charge is 0.394 e. The van der Waals surface area contributed by atoms with Gasteiger partial charge in [0.25, 0.3) is 0 Å². The maximum atomic E-state index is 13.2. The molecule has 20 N–H and O–H groups in total. The molecule has 4 amide bonds. The molecule has 0 aromatic carbocycles. The molecule has 32 heteroatoms. The molecule has 0 bridgehead atoms. The molecule has 4 rings (SSSR count). The number of nitrogens with two attached hydrogens (primary N) is 1. The number of ether oxygens (including phenoxy) is 8. The molecule has 20 atom stereocenters. The van der Waals surface area contributed by atoms with Crippen molar-refractivity contribution in [3.63, 3.8) is 0 Å². The van der Waals surface area contributed by atoms with Crippen molar-refractivity contribution in [2.45, 2.75) is 168 Å². The van der Waals surface area contributed by atoms with E-state index in [1.165, 1.54) is 4.90 Å². The third kappa shape index (κ3) is 20.4. The summed E-state index contributed by atoms with van der Waals surface area (Å²) in [7, 11) is 0. The van der Waals surface area contributed by atoms with Crippen molar-refractivity contribution in [1.82, 2.24) is 26.2 Å². The van der Waals surface area contributed by atoms with Gasteiger partial charge in [0.05, 0.1) is 59.3 Å². The van der Waals surface area contributed by atoms with Crippen LogP contribution in [0, 0.1) is 0 Å². The molecule has 4 aliphatic heterocycles. The lowest BCUT2D eigenvalue weighted by Gasteiger charge is -2.46. The predicted molar refractivity (Wildman–Crippen MR) is 255 cm³/mol. The van der Waals surface area contributed by atoms with Crippen molar-refractivity contribution in [3.8, 4) is 0 Å². The minimum atomic E-state index is -1.97. The van der Waals surface area contributed by atoms with Crippen LogP contribution in [0.5, 0.6) is 0 Å². The summed E-state index contributed by atoms with van der Waals surface area (Å²) in [4.78, 5) is 52.8. The van der Waals surface area contributed by atoms with Gasteiger partial charge in [-0.05, 0) is 32.2 Å². The van der Waals surface area contributed by atoms with Crippen molar-refractivity contribution >= 4 is 23.6 Å². The Bertz CT molecular complexity index is 1730. The number of rotatable bonds is 33. The van der Waals surface area contributed by atoms with Crippen molar-refractivity contribution in [2.75, 3.05) is 92.0 Å². The van der Waals surface area contributed by atoms with Gasteiger partial charge in [-0.3, -0.25) is 24.1 Å². The zero-order chi connectivity index (χ0) is 56.8. The van der Waals surface area contributed by atoms with Gasteiger partial charge in [-0.1, -0.05) is 12.8 Å². The minimum absolute atomic E-state index is 0.0394. The number of amides is 4. The van der Waals surface area contributed by atoms with Crippen LogP contribution in [0.3, 0.4) is 0 Å². The summed E-state index contributed by atoms with van der Waals surface area (Å²) in [5.41, 5.74) is 5.54. The molecule has 0 spiro atoms. The summed E-state index contributed by atoms with van der Waals surface area (Å²) in [6, 6.07) is 0. The second-order valence-corrected chi connectivity index (χ2v) is 19.0. The summed E-state index contributed by atoms with van der Waals surface area (Å²) in [6.07, 6.45) is -29.6. The Morgan fingerprint density at radius 1 is 0.416 bits per heavy atom. The number of carbonyl (C=O) groups excluding carboxylic acids is 4. The summed E-state index contributed by atoms with van der Waals surface area (Å²) >= 11 is 0. The van der Waals surface area contributed by atoms with E-state index in [4.69, 9.17) is 43.6 Å². The fourth-order valence-electron chi connectivity index (χ4n) is 8.53. The van der Waals surface area contributed by atoms with Gasteiger partial charge in [-0.15, -0.1) is 0 Å². The number of hydrogen-bond acceptors (Lipinski definition) is 28. The van der Waals surface area contributed by atoms with E-state index in [1.54, 1.807) is 0 Å². The maximum absolute atomic E-state index is 13.2. The Balaban J connectivity index is 1.26. The smallest absolute Gasteiger partial charge is 0.234 e. The lowest BCUT2D eigenvalue weighted by atomic mass is 9.96. The van der Waals surface area contributed by atoms with Gasteiger partial charge >= 0.3 is 0 Å². The van der Waals surface area contributed by atoms with E-state index in [2.05, 4.69) is 21.3 Å². The van der Waals surface area contributed by atoms with E-state index in [0.29, 0.717) is 38.8 Å². The molecule has 4 aliphatic rings. The Morgan fingerprint density at radius 3 is 1.27 bits per heavy atom. The molecule has 4 saturated heterocycles. The standard InChI is InChI=1S/C45H82N6O26/c46-8-4-2-6-10-48-28(57)16-51(15-27(56)47-9-5-1-3-7-26(55)49-11-13-70-42-37(66)34(63)30(59)22(18-52)73-42)17-29(58)50-12-14-71-44-40(69)41(77-45-39(68)36(65)32(61)24(20-54)75-45)33(62)25(76-44)21-72-43-38(67)35(64)31(60)23(19-53)74-43/h22-25,30-45,52-54,59-69H,1-21,46H2,(H,47,56)(H,48,57)(H,49,55)(H,50,58)/t22-,23-,24-,25-,30-,31-,32-,33-,34+,35+,36+,37+,38+,39+,40+,41+,42+,43+,44+,45-/m1/s1. The lowest BCUT2D eigenvalue weighted by Crippen LogP contribution is -2.65. The predicted octanol–water partition coefficient (Wildman–Crippen LogP) is -11.3. The molecular formula is C45H82N6O26. The van der Waals surface area contributed by atoms with Gasteiger partial charge in [0, 0.05) is 32.6 Å². The summed E-state index contributed by atoms with van der Waals surface area (Å²) < 4.78 is 44.1. The van der Waals surface area contributed by atoms with E-state index in [9.17, 15) is 90.7 Å². The van der Waals surface area contributed by atoms with E-state index in [1.807, 2.05) is 0 Å². The molecule has 0 unspecified atom stereocenters. The van der Waals surface area contributed by atoms with E-state index >= 15 is 0 Å². The van der Waals surface area contributed by atoms with Crippen LogP contribution < -0.4 is 27.0 Å². The van der Waals surface area contributed by atoms with Gasteiger partial charge < -0.3 is 136 Å². The summed E-state index contributed by atoms with van der Waals surface area (Å²) in [5, 5.41) is 154. The van der Waals surface area contributed by atoms with E-state index < -0.39 is 180 Å². The highest BCUT2D eigenvalue weighted by Gasteiger charge is 2.52. The van der Waals surface area contributed by atoms with Gasteiger partial charge in [0.15, 0.2) is 25.2 Å². The van der Waals surface area contributed by atoms with Gasteiger partial charge in [0.1, 0.15) is 97.7 Å². The number of aliphatic hydroxyl groups is 14. The first-order valence-corrected chi connectivity index (χ1v) is 25.7. The highest BCUT2D eigenvalue weighted by atomic mass is 16.8. The maximum Gasteiger partial charge on any atom is 0.234 e. The molecule has 0 saturated carbocycles. The zero-order valence-corrected chi connectivity index (χ0v) is 42.6. The number of unbranched alkanes of at least 4 members (excludes halogenated alkanes) is 4. The lowest BCUT2D eigenvalue weighted by molar-refractivity contribution is -0.366. The number of hydrogen-bond donors (Lipinski definition) is 19. The van der Waals surface area contributed by atoms with Crippen molar-refractivity contribution in [2.24, 2.45) is 5.73 Å². The van der Waals surface area contributed by atoms with E-state index in [-0.39, 0.29) is 51.7 Å². The molecule has 0 aromatic heterocycles. The van der Waals surface area contributed by atoms with Crippen LogP contribution in [0.15, 0.2) is 0 Å². The molecule has 32 nitrogen and oxygen atoms in total. The molecule has 0 radical (unpaired) electrons. The second-order valence-electron chi connectivity index (χ2n) is 19.0. The molecular weight excluding hydrogens is 1040 g/mol. The normalized spacial score (nSPS) is 35.6. The van der Waals surface area contributed by atoms with Crippen LogP contribution >= 0.6 is 0 Å². The summed E-state index contributed by atoms with van der Waals surface area (Å²) in [5.74, 6) is -1.93. The van der Waals surface area contributed by atoms with Gasteiger partial charge in [0.2, 0.25) is 23.6 Å². The van der Waals surface area contributed by atoms with Crippen LogP contribution in [0.25, 0.3) is 0 Å². The third-order valence-corrected chi connectivity index (χ3v) is 13.0. The SMILES string of the molecule is NCCCCCNC(=O)CN(CC(=O)NCCCCCC(=O)NCCO[C@H]1O[C@H](CO)[C@@H](O)[C@H](O)[C@@H]1O)CC(=O)NCCO[C@H]1O[C@H](CO[C@H]2O[C@H](CO)[C@@H](O)[C@H](O)[C@@H]2O)[C@@H](O)[C@H](O[C@H]2O[C@H](CO)[C@@H](O)[C@H](O)[C@@H]2O)[C@@H]1O. The second kappa shape index (κ2) is 34.3. The Kier molecular flexibility index (Phi) is 29.6. The van der Waals surface area contributed by atoms with Gasteiger partial charge in [-0.2, -0.15) is 0 Å². The monoisotopic (exact) mass is 1120 g/mol. The Morgan fingerprint density at radius 2 is 0.805 bits per heavy atom. The van der Waals surface area contributed by atoms with Crippen LogP contribution in [-0.4, -0.2) is 315 Å². The van der Waals surface area contributed by atoms with Crippen molar-refractivity contribution in [3.05, 3.63) is 0 Å². The fourth-order valence-corrected chi connectivity index (χ4v) is 8.53. The molecule has 0 aromatic rings. The number of carbonyl (C=O) groups is 4. The van der Waals surface area contributed by atoms with Crippen molar-refractivity contribution < 1.29 is 129 Å². The summed E-state index contributed by atoms with van der Waals surface area (Å²) in [6.45, 7) is -3.79. The van der Waals surface area contributed by atoms with Crippen LogP contribution in [0.1, 0.15) is 44.9 Å². The molecule has 448 valence electrons. The third-order valence-electron chi connectivity index (χ3n) is 13.0. The zero-order valence-electron chi connectivity index (χ0n) is 42.6. The molecule has 77 heavy (non-hydrogen) atoms. The first kappa shape index (κ1) is 66.4. The Labute approximate surface area is 443 Å². The number of nitrogens with zero attached hydrogens (tertiary/aromatic N) is 1. The molecule has 4 fully saturated rings. The number of nitrogens with one attached hydrogen (secondary N) is 4. The molecule has 0 aliphatic carbocycles. The minimum Gasteiger partial charge on any atom is -0.394 e. The topological polar surface area (TPSA) is 503 Å².